The van der Waals surface area contributed by atoms with Gasteiger partial charge in [-0.2, -0.15) is 9.97 Å². The third kappa shape index (κ3) is 4.53. The Morgan fingerprint density at radius 2 is 2.05 bits per heavy atom. The van der Waals surface area contributed by atoms with Crippen LogP contribution in [0.2, 0.25) is 0 Å². The van der Waals surface area contributed by atoms with Gasteiger partial charge in [0.15, 0.2) is 0 Å². The normalized spacial score (nSPS) is 24.4. The Labute approximate surface area is 243 Å². The lowest BCUT2D eigenvalue weighted by molar-refractivity contribution is 0.0996. The molecule has 0 aliphatic carbocycles. The molecule has 0 spiro atoms. The second-order valence-corrected chi connectivity index (χ2v) is 11.8. The molecule has 2 atom stereocenters. The molecule has 1 amide bonds. The predicted molar refractivity (Wildman–Crippen MR) is 154 cm³/mol. The van der Waals surface area contributed by atoms with Crippen LogP contribution in [0.15, 0.2) is 24.3 Å². The molecule has 5 heterocycles. The van der Waals surface area contributed by atoms with Crippen molar-refractivity contribution in [1.82, 2.24) is 14.9 Å². The van der Waals surface area contributed by atoms with E-state index < -0.39 is 6.17 Å². The van der Waals surface area contributed by atoms with Gasteiger partial charge in [-0.25, -0.2) is 8.78 Å². The van der Waals surface area contributed by atoms with E-state index in [1.807, 2.05) is 11.8 Å². The Kier molecular flexibility index (Phi) is 6.89. The summed E-state index contributed by atoms with van der Waals surface area (Å²) < 4.78 is 41.2. The van der Waals surface area contributed by atoms with Gasteiger partial charge in [0.25, 0.3) is 5.91 Å². The van der Waals surface area contributed by atoms with Crippen LogP contribution in [-0.4, -0.2) is 83.6 Å². The maximum Gasteiger partial charge on any atom is 0.318 e. The van der Waals surface area contributed by atoms with Crippen LogP contribution in [0.5, 0.6) is 11.8 Å². The fourth-order valence-electron chi connectivity index (χ4n) is 7.29. The number of benzene rings is 2. The second-order valence-electron chi connectivity index (χ2n) is 11.8. The summed E-state index contributed by atoms with van der Waals surface area (Å²) in [5.74, 6) is -0.205. The molecule has 42 heavy (non-hydrogen) atoms. The number of anilines is 2. The van der Waals surface area contributed by atoms with Crippen LogP contribution < -0.4 is 14.5 Å². The lowest BCUT2D eigenvalue weighted by Crippen LogP contribution is -2.43. The molecule has 11 heteroatoms. The fourth-order valence-corrected chi connectivity index (χ4v) is 7.29. The van der Waals surface area contributed by atoms with Crippen LogP contribution in [-0.2, 0) is 17.7 Å². The summed E-state index contributed by atoms with van der Waals surface area (Å²) in [7, 11) is 0. The number of carbonyl (C=O) groups is 1. The van der Waals surface area contributed by atoms with Crippen LogP contribution in [0.25, 0.3) is 10.8 Å². The molecule has 3 saturated heterocycles. The lowest BCUT2D eigenvalue weighted by atomic mass is 9.95. The highest BCUT2D eigenvalue weighted by atomic mass is 19.1. The minimum atomic E-state index is -0.872. The van der Waals surface area contributed by atoms with E-state index in [1.165, 1.54) is 12.1 Å². The fraction of sp³-hybridized carbons (Fsp3) is 0.516. The van der Waals surface area contributed by atoms with E-state index in [0.717, 1.165) is 25.8 Å². The smallest absolute Gasteiger partial charge is 0.318 e. The molecule has 2 unspecified atom stereocenters. The minimum Gasteiger partial charge on any atom is -0.508 e. The van der Waals surface area contributed by atoms with Crippen LogP contribution in [0.1, 0.15) is 54.2 Å². The first kappa shape index (κ1) is 27.3. The largest absolute Gasteiger partial charge is 0.508 e. The number of fused-ring (bicyclic) bond motifs is 3. The van der Waals surface area contributed by atoms with Gasteiger partial charge in [0, 0.05) is 44.1 Å². The van der Waals surface area contributed by atoms with E-state index in [2.05, 4.69) is 4.90 Å². The minimum absolute atomic E-state index is 0.0157. The van der Waals surface area contributed by atoms with Crippen molar-refractivity contribution in [2.24, 2.45) is 0 Å². The van der Waals surface area contributed by atoms with Gasteiger partial charge in [0.1, 0.15) is 35.7 Å². The molecule has 0 bridgehead atoms. The Morgan fingerprint density at radius 3 is 2.90 bits per heavy atom. The number of ether oxygens (including phenoxy) is 2. The number of nitrogens with zero attached hydrogens (tertiary/aromatic N) is 5. The molecule has 7 rings (SSSR count). The number of hydrogen-bond donors (Lipinski definition) is 1. The van der Waals surface area contributed by atoms with E-state index in [-0.39, 0.29) is 42.2 Å². The third-order valence-corrected chi connectivity index (χ3v) is 9.24. The van der Waals surface area contributed by atoms with Crippen molar-refractivity contribution >= 4 is 28.2 Å². The van der Waals surface area contributed by atoms with Gasteiger partial charge < -0.3 is 24.4 Å². The number of phenolic OH excluding ortho intramolecular Hbond substituents is 1. The topological polar surface area (TPSA) is 91.3 Å². The summed E-state index contributed by atoms with van der Waals surface area (Å²) in [4.78, 5) is 29.4. The summed E-state index contributed by atoms with van der Waals surface area (Å²) in [6.45, 7) is 5.87. The summed E-state index contributed by atoms with van der Waals surface area (Å²) in [6.07, 6.45) is 2.62. The molecule has 2 aromatic carbocycles. The summed E-state index contributed by atoms with van der Waals surface area (Å²) in [5, 5.41) is 11.8. The Bertz CT molecular complexity index is 1550. The molecule has 4 aliphatic rings. The van der Waals surface area contributed by atoms with Gasteiger partial charge in [0.05, 0.1) is 30.1 Å². The molecule has 3 fully saturated rings. The van der Waals surface area contributed by atoms with Crippen molar-refractivity contribution in [2.75, 3.05) is 55.8 Å². The van der Waals surface area contributed by atoms with Gasteiger partial charge in [-0.15, -0.1) is 0 Å². The van der Waals surface area contributed by atoms with E-state index in [1.54, 1.807) is 17.0 Å². The first-order valence-electron chi connectivity index (χ1n) is 14.9. The number of aromatic nitrogens is 2. The van der Waals surface area contributed by atoms with Crippen molar-refractivity contribution in [3.05, 3.63) is 46.9 Å². The summed E-state index contributed by atoms with van der Waals surface area (Å²) >= 11 is 0. The van der Waals surface area contributed by atoms with Crippen molar-refractivity contribution in [1.29, 1.82) is 0 Å². The van der Waals surface area contributed by atoms with Crippen molar-refractivity contribution in [3.63, 3.8) is 0 Å². The molecular weight excluding hydrogens is 544 g/mol. The zero-order valence-corrected chi connectivity index (χ0v) is 23.7. The van der Waals surface area contributed by atoms with E-state index >= 15 is 0 Å². The Hall–Kier alpha value is -3.57. The van der Waals surface area contributed by atoms with Crippen molar-refractivity contribution in [3.8, 4) is 11.8 Å². The molecule has 3 aromatic rings. The highest BCUT2D eigenvalue weighted by Crippen LogP contribution is 2.42. The predicted octanol–water partition coefficient (Wildman–Crippen LogP) is 4.38. The maximum atomic E-state index is 14.9. The molecule has 1 N–H and O–H groups in total. The van der Waals surface area contributed by atoms with Gasteiger partial charge >= 0.3 is 6.01 Å². The number of hydrogen-bond acceptors (Lipinski definition) is 8. The SMILES string of the molecule is CCc1c(F)ccc2cc(O)cc(N3Cc4nc(OCC56CCCN5CC(F)C6)nc(N5CCCOCC5)c4C3=O)c12. The molecule has 222 valence electrons. The number of phenols is 1. The molecule has 9 nitrogen and oxygen atoms in total. The van der Waals surface area contributed by atoms with Gasteiger partial charge in [-0.1, -0.05) is 13.0 Å². The number of halogens is 2. The molecule has 1 aromatic heterocycles. The molecule has 4 aliphatic heterocycles. The highest BCUT2D eigenvalue weighted by Gasteiger charge is 2.49. The highest BCUT2D eigenvalue weighted by molar-refractivity contribution is 6.16. The van der Waals surface area contributed by atoms with Gasteiger partial charge in [-0.3, -0.25) is 9.69 Å². The second kappa shape index (κ2) is 10.6. The zero-order valence-electron chi connectivity index (χ0n) is 23.7. The monoisotopic (exact) mass is 579 g/mol. The van der Waals surface area contributed by atoms with E-state index in [9.17, 15) is 18.7 Å². The number of aryl methyl sites for hydroxylation is 1. The average Bonchev–Trinajstić information content (AvgIpc) is 3.51. The molecular formula is C31H35F2N5O4. The Balaban J connectivity index is 1.29. The van der Waals surface area contributed by atoms with E-state index in [0.29, 0.717) is 84.8 Å². The Morgan fingerprint density at radius 1 is 1.17 bits per heavy atom. The zero-order chi connectivity index (χ0) is 29.0. The standard InChI is InChI=1S/C31H35F2N5O4/c1-2-22-23(33)6-5-19-13-21(39)14-25(26(19)22)38-17-24-27(29(38)40)28(36-8-4-11-41-12-10-36)35-30(34-24)42-18-31-7-3-9-37(31)16-20(32)15-31/h5-6,13-14,20,39H,2-4,7-12,15-18H2,1H3. The van der Waals surface area contributed by atoms with Crippen LogP contribution in [0.4, 0.5) is 20.3 Å². The lowest BCUT2D eigenvalue weighted by Gasteiger charge is -2.31. The summed E-state index contributed by atoms with van der Waals surface area (Å²) in [6, 6.07) is 6.26. The number of alkyl halides is 1. The van der Waals surface area contributed by atoms with E-state index in [4.69, 9.17) is 19.4 Å². The van der Waals surface area contributed by atoms with Crippen LogP contribution in [0.3, 0.4) is 0 Å². The number of aromatic hydroxyl groups is 1. The quantitative estimate of drug-likeness (QED) is 0.460. The summed E-state index contributed by atoms with van der Waals surface area (Å²) in [5.41, 5.74) is 1.43. The maximum absolute atomic E-state index is 14.9. The molecule has 0 saturated carbocycles. The third-order valence-electron chi connectivity index (χ3n) is 9.24. The van der Waals surface area contributed by atoms with Gasteiger partial charge in [-0.05, 0) is 55.3 Å². The molecule has 0 radical (unpaired) electrons. The first-order valence-corrected chi connectivity index (χ1v) is 14.9. The first-order chi connectivity index (χ1) is 20.4. The number of carbonyl (C=O) groups excluding carboxylic acids is 1. The van der Waals surface area contributed by atoms with Crippen molar-refractivity contribution < 1.29 is 28.2 Å². The number of amides is 1. The number of rotatable bonds is 6. The van der Waals surface area contributed by atoms with Crippen LogP contribution >= 0.6 is 0 Å². The van der Waals surface area contributed by atoms with Crippen molar-refractivity contribution in [2.45, 2.75) is 57.3 Å². The average molecular weight is 580 g/mol. The van der Waals surface area contributed by atoms with Crippen LogP contribution in [0, 0.1) is 5.82 Å². The van der Waals surface area contributed by atoms with Gasteiger partial charge in [0.2, 0.25) is 0 Å².